The molecule has 0 radical (unpaired) electrons. The van der Waals surface area contributed by atoms with Crippen LogP contribution in [-0.4, -0.2) is 25.1 Å². The predicted molar refractivity (Wildman–Crippen MR) is 100 cm³/mol. The Morgan fingerprint density at radius 2 is 1.89 bits per heavy atom. The van der Waals surface area contributed by atoms with Crippen molar-refractivity contribution < 1.29 is 18.7 Å². The van der Waals surface area contributed by atoms with Gasteiger partial charge in [-0.05, 0) is 48.9 Å². The Kier molecular flexibility index (Phi) is 5.30. The van der Waals surface area contributed by atoms with Crippen LogP contribution in [0.4, 0.5) is 0 Å². The average molecular weight is 368 g/mol. The molecular weight excluding hydrogens is 348 g/mol. The summed E-state index contributed by atoms with van der Waals surface area (Å²) in [6.07, 6.45) is 1.51. The molecule has 0 aliphatic heterocycles. The zero-order chi connectivity index (χ0) is 19.4. The van der Waals surface area contributed by atoms with Crippen molar-refractivity contribution in [2.24, 2.45) is 0 Å². The standard InChI is InChI=1S/C20H20N2O5/c1-12(13-6-9-17(25-2)18(11-13)26-3)21-19(23)14-7-8-15(22-20(14)24)16-5-4-10-27-16/h4-12H,1-3H3,(H,21,23)(H,22,24). The van der Waals surface area contributed by atoms with Crippen LogP contribution in [0.15, 0.2) is 57.9 Å². The van der Waals surface area contributed by atoms with E-state index in [4.69, 9.17) is 13.9 Å². The summed E-state index contributed by atoms with van der Waals surface area (Å²) in [5.41, 5.74) is 0.873. The second kappa shape index (κ2) is 7.82. The molecule has 0 saturated carbocycles. The Balaban J connectivity index is 1.78. The number of aromatic nitrogens is 1. The Hall–Kier alpha value is -3.48. The van der Waals surface area contributed by atoms with Crippen molar-refractivity contribution in [1.82, 2.24) is 10.3 Å². The monoisotopic (exact) mass is 368 g/mol. The number of furan rings is 1. The first-order chi connectivity index (χ1) is 13.0. The van der Waals surface area contributed by atoms with Crippen LogP contribution in [0.5, 0.6) is 11.5 Å². The van der Waals surface area contributed by atoms with Gasteiger partial charge in [-0.3, -0.25) is 9.59 Å². The van der Waals surface area contributed by atoms with Gasteiger partial charge in [-0.15, -0.1) is 0 Å². The summed E-state index contributed by atoms with van der Waals surface area (Å²) in [4.78, 5) is 27.5. The number of rotatable bonds is 6. The van der Waals surface area contributed by atoms with Crippen LogP contribution < -0.4 is 20.3 Å². The third-order valence-corrected chi connectivity index (χ3v) is 4.20. The molecule has 0 aliphatic rings. The zero-order valence-corrected chi connectivity index (χ0v) is 15.2. The lowest BCUT2D eigenvalue weighted by molar-refractivity contribution is 0.0938. The van der Waals surface area contributed by atoms with E-state index in [1.165, 1.54) is 12.3 Å². The van der Waals surface area contributed by atoms with E-state index in [-0.39, 0.29) is 11.6 Å². The van der Waals surface area contributed by atoms with E-state index in [1.807, 2.05) is 13.0 Å². The lowest BCUT2D eigenvalue weighted by Gasteiger charge is -2.16. The van der Waals surface area contributed by atoms with E-state index in [0.29, 0.717) is 23.0 Å². The van der Waals surface area contributed by atoms with Gasteiger partial charge < -0.3 is 24.2 Å². The van der Waals surface area contributed by atoms with E-state index in [0.717, 1.165) is 5.56 Å². The summed E-state index contributed by atoms with van der Waals surface area (Å²) in [7, 11) is 3.10. The minimum absolute atomic E-state index is 0.0256. The second-order valence-electron chi connectivity index (χ2n) is 5.90. The van der Waals surface area contributed by atoms with Crippen LogP contribution in [0.25, 0.3) is 11.5 Å². The van der Waals surface area contributed by atoms with Crippen LogP contribution >= 0.6 is 0 Å². The molecule has 3 rings (SSSR count). The Morgan fingerprint density at radius 1 is 1.11 bits per heavy atom. The molecule has 1 amide bonds. The van der Waals surface area contributed by atoms with Gasteiger partial charge in [0.05, 0.1) is 32.2 Å². The normalized spacial score (nSPS) is 11.7. The number of carbonyl (C=O) groups is 1. The third kappa shape index (κ3) is 3.87. The van der Waals surface area contributed by atoms with Crippen molar-refractivity contribution in [2.45, 2.75) is 13.0 Å². The summed E-state index contributed by atoms with van der Waals surface area (Å²) in [5.74, 6) is 1.23. The van der Waals surface area contributed by atoms with Gasteiger partial charge in [0, 0.05) is 0 Å². The number of nitrogens with one attached hydrogen (secondary N) is 2. The van der Waals surface area contributed by atoms with Gasteiger partial charge >= 0.3 is 0 Å². The molecule has 0 bridgehead atoms. The van der Waals surface area contributed by atoms with E-state index in [9.17, 15) is 9.59 Å². The summed E-state index contributed by atoms with van der Waals surface area (Å²) < 4.78 is 15.7. The van der Waals surface area contributed by atoms with E-state index in [2.05, 4.69) is 10.3 Å². The fraction of sp³-hybridized carbons (Fsp3) is 0.200. The maximum Gasteiger partial charge on any atom is 0.261 e. The molecule has 2 heterocycles. The number of aromatic amines is 1. The maximum absolute atomic E-state index is 12.5. The molecule has 7 nitrogen and oxygen atoms in total. The topological polar surface area (TPSA) is 93.6 Å². The van der Waals surface area contributed by atoms with Crippen molar-refractivity contribution >= 4 is 5.91 Å². The molecule has 27 heavy (non-hydrogen) atoms. The zero-order valence-electron chi connectivity index (χ0n) is 15.2. The molecule has 7 heteroatoms. The van der Waals surface area contributed by atoms with Crippen LogP contribution in [0, 0.1) is 0 Å². The SMILES string of the molecule is COc1ccc(C(C)NC(=O)c2ccc(-c3ccco3)[nH]c2=O)cc1OC. The summed E-state index contributed by atoms with van der Waals surface area (Å²) in [5, 5.41) is 2.82. The lowest BCUT2D eigenvalue weighted by Crippen LogP contribution is -2.31. The van der Waals surface area contributed by atoms with E-state index < -0.39 is 11.5 Å². The van der Waals surface area contributed by atoms with Crippen molar-refractivity contribution in [3.63, 3.8) is 0 Å². The van der Waals surface area contributed by atoms with Crippen molar-refractivity contribution in [3.8, 4) is 23.0 Å². The fourth-order valence-electron chi connectivity index (χ4n) is 2.71. The van der Waals surface area contributed by atoms with Crippen LogP contribution in [0.1, 0.15) is 28.9 Å². The Labute approximate surface area is 155 Å². The molecule has 2 N–H and O–H groups in total. The largest absolute Gasteiger partial charge is 0.493 e. The number of carbonyl (C=O) groups excluding carboxylic acids is 1. The molecule has 1 aromatic carbocycles. The maximum atomic E-state index is 12.5. The third-order valence-electron chi connectivity index (χ3n) is 4.20. The highest BCUT2D eigenvalue weighted by molar-refractivity contribution is 5.94. The Bertz CT molecular complexity index is 992. The average Bonchev–Trinajstić information content (AvgIpc) is 3.21. The van der Waals surface area contributed by atoms with E-state index in [1.54, 1.807) is 44.6 Å². The predicted octanol–water partition coefficient (Wildman–Crippen LogP) is 3.14. The van der Waals surface area contributed by atoms with Gasteiger partial charge in [-0.25, -0.2) is 0 Å². The first-order valence-electron chi connectivity index (χ1n) is 8.33. The molecule has 0 spiro atoms. The highest BCUT2D eigenvalue weighted by atomic mass is 16.5. The van der Waals surface area contributed by atoms with Crippen LogP contribution in [-0.2, 0) is 0 Å². The number of amides is 1. The number of hydrogen-bond acceptors (Lipinski definition) is 5. The minimum Gasteiger partial charge on any atom is -0.493 e. The van der Waals surface area contributed by atoms with Gasteiger partial charge in [-0.1, -0.05) is 6.07 Å². The number of pyridine rings is 1. The van der Waals surface area contributed by atoms with Gasteiger partial charge in [0.1, 0.15) is 11.3 Å². The number of H-pyrrole nitrogens is 1. The fourth-order valence-corrected chi connectivity index (χ4v) is 2.71. The van der Waals surface area contributed by atoms with Crippen LogP contribution in [0.2, 0.25) is 0 Å². The first kappa shape index (κ1) is 18.3. The number of benzene rings is 1. The number of methoxy groups -OCH3 is 2. The van der Waals surface area contributed by atoms with Crippen molar-refractivity contribution in [2.75, 3.05) is 14.2 Å². The quantitative estimate of drug-likeness (QED) is 0.697. The minimum atomic E-state index is -0.485. The smallest absolute Gasteiger partial charge is 0.261 e. The molecular formula is C20H20N2O5. The highest BCUT2D eigenvalue weighted by Crippen LogP contribution is 2.29. The molecule has 3 aromatic rings. The summed E-state index contributed by atoms with van der Waals surface area (Å²) in [6.45, 7) is 1.82. The molecule has 0 saturated heterocycles. The van der Waals surface area contributed by atoms with Crippen molar-refractivity contribution in [1.29, 1.82) is 0 Å². The Morgan fingerprint density at radius 3 is 2.52 bits per heavy atom. The second-order valence-corrected chi connectivity index (χ2v) is 5.90. The van der Waals surface area contributed by atoms with Crippen molar-refractivity contribution in [3.05, 3.63) is 70.2 Å². The molecule has 0 aliphatic carbocycles. The molecule has 1 atom stereocenters. The van der Waals surface area contributed by atoms with Gasteiger partial charge in [0.25, 0.3) is 11.5 Å². The van der Waals surface area contributed by atoms with Gasteiger partial charge in [-0.2, -0.15) is 0 Å². The highest BCUT2D eigenvalue weighted by Gasteiger charge is 2.17. The number of ether oxygens (including phenoxy) is 2. The van der Waals surface area contributed by atoms with Gasteiger partial charge in [0.2, 0.25) is 0 Å². The van der Waals surface area contributed by atoms with E-state index >= 15 is 0 Å². The molecule has 0 fully saturated rings. The summed E-state index contributed by atoms with van der Waals surface area (Å²) in [6, 6.07) is 11.6. The molecule has 2 aromatic heterocycles. The molecule has 140 valence electrons. The van der Waals surface area contributed by atoms with Crippen LogP contribution in [0.3, 0.4) is 0 Å². The summed E-state index contributed by atoms with van der Waals surface area (Å²) >= 11 is 0. The first-order valence-corrected chi connectivity index (χ1v) is 8.33. The number of hydrogen-bond donors (Lipinski definition) is 2. The van der Waals surface area contributed by atoms with Gasteiger partial charge in [0.15, 0.2) is 11.5 Å². The molecule has 1 unspecified atom stereocenters. The lowest BCUT2D eigenvalue weighted by atomic mass is 10.1.